The average molecular weight is 493 g/mol. The predicted octanol–water partition coefficient (Wildman–Crippen LogP) is 4.79. The zero-order valence-electron chi connectivity index (χ0n) is 19.0. The summed E-state index contributed by atoms with van der Waals surface area (Å²) in [6.45, 7) is 2.86. The van der Waals surface area contributed by atoms with Gasteiger partial charge in [-0.3, -0.25) is 4.79 Å². The first-order chi connectivity index (χ1) is 15.7. The Labute approximate surface area is 200 Å². The summed E-state index contributed by atoms with van der Waals surface area (Å²) in [6.07, 6.45) is 4.78. The van der Waals surface area contributed by atoms with Crippen LogP contribution in [0.4, 0.5) is 10.1 Å². The van der Waals surface area contributed by atoms with Gasteiger partial charge in [-0.25, -0.2) is 17.5 Å². The van der Waals surface area contributed by atoms with Gasteiger partial charge in [0.1, 0.15) is 5.82 Å². The van der Waals surface area contributed by atoms with Crippen LogP contribution in [-0.4, -0.2) is 39.6 Å². The molecule has 8 heteroatoms. The molecule has 1 N–H and O–H groups in total. The van der Waals surface area contributed by atoms with Gasteiger partial charge in [-0.2, -0.15) is 0 Å². The summed E-state index contributed by atoms with van der Waals surface area (Å²) in [5.74, 6) is -0.703. The van der Waals surface area contributed by atoms with Crippen LogP contribution in [0.3, 0.4) is 0 Å². The molecule has 1 saturated carbocycles. The predicted molar refractivity (Wildman–Crippen MR) is 130 cm³/mol. The van der Waals surface area contributed by atoms with E-state index in [9.17, 15) is 17.6 Å². The molecule has 4 rings (SSSR count). The molecule has 0 spiro atoms. The summed E-state index contributed by atoms with van der Waals surface area (Å²) in [5, 5.41) is 0.567. The van der Waals surface area contributed by atoms with E-state index >= 15 is 0 Å². The van der Waals surface area contributed by atoms with Crippen LogP contribution in [0.25, 0.3) is 0 Å². The van der Waals surface area contributed by atoms with E-state index in [0.29, 0.717) is 42.9 Å². The summed E-state index contributed by atoms with van der Waals surface area (Å²) >= 11 is 6.60. The van der Waals surface area contributed by atoms with E-state index in [2.05, 4.69) is 9.62 Å². The molecule has 2 aromatic carbocycles. The number of fused-ring (bicyclic) bond motifs is 1. The van der Waals surface area contributed by atoms with Crippen LogP contribution < -0.4 is 9.62 Å². The third-order valence-electron chi connectivity index (χ3n) is 7.16. The second-order valence-corrected chi connectivity index (χ2v) is 11.5. The van der Waals surface area contributed by atoms with Gasteiger partial charge in [0.05, 0.1) is 28.3 Å². The fourth-order valence-corrected chi connectivity index (χ4v) is 6.49. The summed E-state index contributed by atoms with van der Waals surface area (Å²) < 4.78 is 40.3. The normalized spacial score (nSPS) is 21.9. The number of hydrogen-bond acceptors (Lipinski definition) is 4. The highest BCUT2D eigenvalue weighted by molar-refractivity contribution is 7.88. The SMILES string of the molecule is CC1C(C(=O)C2(c3ccccc3F)CCCC2)c2cccc(Cl)c2N1CCCNS(C)(=O)=O. The minimum Gasteiger partial charge on any atom is -0.366 e. The molecule has 2 aliphatic rings. The highest BCUT2D eigenvalue weighted by Crippen LogP contribution is 2.52. The average Bonchev–Trinajstić information content (AvgIpc) is 3.35. The van der Waals surface area contributed by atoms with Crippen LogP contribution in [0.1, 0.15) is 56.1 Å². The first-order valence-electron chi connectivity index (χ1n) is 11.4. The number of para-hydroxylation sites is 1. The molecule has 0 bridgehead atoms. The highest BCUT2D eigenvalue weighted by atomic mass is 35.5. The Bertz CT molecular complexity index is 1150. The smallest absolute Gasteiger partial charge is 0.208 e. The number of hydrogen-bond donors (Lipinski definition) is 1. The standard InChI is InChI=1S/C25H30ClFN2O3S/c1-17-22(24(30)25(13-5-6-14-25)19-10-3-4-12-21(19)27)18-9-7-11-20(26)23(18)29(17)16-8-15-28-33(2,31)32/h3-4,7,9-12,17,22,28H,5-6,8,13-16H2,1-2H3. The number of nitrogens with one attached hydrogen (secondary N) is 1. The van der Waals surface area contributed by atoms with Crippen molar-refractivity contribution in [2.45, 2.75) is 56.4 Å². The van der Waals surface area contributed by atoms with E-state index in [4.69, 9.17) is 11.6 Å². The molecule has 0 radical (unpaired) electrons. The Morgan fingerprint density at radius 2 is 1.88 bits per heavy atom. The molecule has 2 aromatic rings. The Balaban J connectivity index is 1.68. The van der Waals surface area contributed by atoms with E-state index in [1.165, 1.54) is 6.07 Å². The van der Waals surface area contributed by atoms with Crippen molar-refractivity contribution in [1.82, 2.24) is 4.72 Å². The van der Waals surface area contributed by atoms with E-state index < -0.39 is 21.4 Å². The number of ketones is 1. The molecule has 1 fully saturated rings. The van der Waals surface area contributed by atoms with Gasteiger partial charge in [0.25, 0.3) is 0 Å². The number of carbonyl (C=O) groups excluding carboxylic acids is 1. The molecule has 5 nitrogen and oxygen atoms in total. The van der Waals surface area contributed by atoms with Gasteiger partial charge in [0.2, 0.25) is 10.0 Å². The lowest BCUT2D eigenvalue weighted by Gasteiger charge is -2.34. The van der Waals surface area contributed by atoms with Gasteiger partial charge >= 0.3 is 0 Å². The van der Waals surface area contributed by atoms with Gasteiger partial charge in [-0.1, -0.05) is 54.8 Å². The van der Waals surface area contributed by atoms with E-state index in [1.54, 1.807) is 18.2 Å². The maximum absolute atomic E-state index is 14.9. The Kier molecular flexibility index (Phi) is 6.85. The van der Waals surface area contributed by atoms with Gasteiger partial charge in [-0.15, -0.1) is 0 Å². The lowest BCUT2D eigenvalue weighted by atomic mass is 9.69. The molecular weight excluding hydrogens is 463 g/mol. The molecule has 1 aliphatic carbocycles. The summed E-state index contributed by atoms with van der Waals surface area (Å²) in [5.41, 5.74) is 1.36. The molecule has 1 heterocycles. The van der Waals surface area contributed by atoms with Crippen molar-refractivity contribution in [1.29, 1.82) is 0 Å². The summed E-state index contributed by atoms with van der Waals surface area (Å²) in [7, 11) is -3.26. The summed E-state index contributed by atoms with van der Waals surface area (Å²) in [4.78, 5) is 16.4. The number of sulfonamides is 1. The van der Waals surface area contributed by atoms with Crippen molar-refractivity contribution >= 4 is 33.1 Å². The third-order valence-corrected chi connectivity index (χ3v) is 8.19. The molecule has 0 amide bonds. The molecule has 33 heavy (non-hydrogen) atoms. The quantitative estimate of drug-likeness (QED) is 0.538. The maximum Gasteiger partial charge on any atom is 0.208 e. The zero-order chi connectivity index (χ0) is 23.8. The van der Waals surface area contributed by atoms with Crippen molar-refractivity contribution in [2.24, 2.45) is 0 Å². The van der Waals surface area contributed by atoms with E-state index in [1.807, 2.05) is 25.1 Å². The number of anilines is 1. The molecule has 2 unspecified atom stereocenters. The van der Waals surface area contributed by atoms with E-state index in [-0.39, 0.29) is 17.6 Å². The molecule has 0 aromatic heterocycles. The van der Waals surface area contributed by atoms with Crippen molar-refractivity contribution in [2.75, 3.05) is 24.2 Å². The van der Waals surface area contributed by atoms with Crippen LogP contribution in [0.2, 0.25) is 5.02 Å². The molecular formula is C25H30ClFN2O3S. The number of Topliss-reactive ketones (excluding diaryl/α,β-unsaturated/α-hetero) is 1. The van der Waals surface area contributed by atoms with Gasteiger partial charge in [-0.05, 0) is 43.9 Å². The second-order valence-electron chi connectivity index (χ2n) is 9.24. The topological polar surface area (TPSA) is 66.5 Å². The van der Waals surface area contributed by atoms with Crippen molar-refractivity contribution in [3.05, 3.63) is 64.4 Å². The van der Waals surface area contributed by atoms with Crippen LogP contribution in [0.5, 0.6) is 0 Å². The van der Waals surface area contributed by atoms with Crippen LogP contribution in [-0.2, 0) is 20.2 Å². The van der Waals surface area contributed by atoms with Crippen LogP contribution in [0, 0.1) is 5.82 Å². The minimum absolute atomic E-state index is 0.0536. The van der Waals surface area contributed by atoms with Crippen molar-refractivity contribution in [3.63, 3.8) is 0 Å². The fraction of sp³-hybridized carbons (Fsp3) is 0.480. The maximum atomic E-state index is 14.9. The van der Waals surface area contributed by atoms with Gasteiger partial charge in [0, 0.05) is 24.7 Å². The van der Waals surface area contributed by atoms with Gasteiger partial charge < -0.3 is 4.90 Å². The third kappa shape index (κ3) is 4.55. The first-order valence-corrected chi connectivity index (χ1v) is 13.7. The monoisotopic (exact) mass is 492 g/mol. The lowest BCUT2D eigenvalue weighted by Crippen LogP contribution is -2.43. The molecule has 178 valence electrons. The highest BCUT2D eigenvalue weighted by Gasteiger charge is 2.51. The van der Waals surface area contributed by atoms with Crippen molar-refractivity contribution < 1.29 is 17.6 Å². The van der Waals surface area contributed by atoms with Gasteiger partial charge in [0.15, 0.2) is 5.78 Å². The Morgan fingerprint density at radius 1 is 1.18 bits per heavy atom. The number of rotatable bonds is 8. The Hall–Kier alpha value is -1.96. The largest absolute Gasteiger partial charge is 0.366 e. The van der Waals surface area contributed by atoms with Crippen LogP contribution >= 0.6 is 11.6 Å². The first kappa shape index (κ1) is 24.2. The van der Waals surface area contributed by atoms with Crippen LogP contribution in [0.15, 0.2) is 42.5 Å². The number of benzene rings is 2. The summed E-state index contributed by atoms with van der Waals surface area (Å²) in [6, 6.07) is 12.1. The fourth-order valence-electron chi connectivity index (χ4n) is 5.69. The number of carbonyl (C=O) groups is 1. The lowest BCUT2D eigenvalue weighted by molar-refractivity contribution is -0.126. The number of halogens is 2. The molecule has 2 atom stereocenters. The van der Waals surface area contributed by atoms with Crippen molar-refractivity contribution in [3.8, 4) is 0 Å². The molecule has 0 saturated heterocycles. The number of nitrogens with zero attached hydrogens (tertiary/aromatic N) is 1. The zero-order valence-corrected chi connectivity index (χ0v) is 20.6. The Morgan fingerprint density at radius 3 is 2.55 bits per heavy atom. The molecule has 1 aliphatic heterocycles. The minimum atomic E-state index is -3.26. The van der Waals surface area contributed by atoms with E-state index in [0.717, 1.165) is 30.3 Å². The second kappa shape index (κ2) is 9.35.